The van der Waals surface area contributed by atoms with Crippen LogP contribution < -0.4 is 4.90 Å². The molecule has 96 valence electrons. The molecule has 1 aliphatic rings. The molecule has 1 fully saturated rings. The van der Waals surface area contributed by atoms with E-state index < -0.39 is 6.04 Å². The minimum atomic E-state index is -0.478. The van der Waals surface area contributed by atoms with Gasteiger partial charge in [0, 0.05) is 25.1 Å². The van der Waals surface area contributed by atoms with Crippen molar-refractivity contribution in [2.24, 2.45) is 0 Å². The number of carbonyl (C=O) groups excluding carboxylic acids is 2. The van der Waals surface area contributed by atoms with Crippen LogP contribution in [0.5, 0.6) is 0 Å². The van der Waals surface area contributed by atoms with Crippen LogP contribution in [0.1, 0.15) is 19.8 Å². The molecule has 1 heterocycles. The van der Waals surface area contributed by atoms with Gasteiger partial charge in [-0.15, -0.1) is 0 Å². The van der Waals surface area contributed by atoms with Gasteiger partial charge in [0.1, 0.15) is 11.8 Å². The van der Waals surface area contributed by atoms with E-state index >= 15 is 0 Å². The number of ether oxygens (including phenoxy) is 1. The van der Waals surface area contributed by atoms with Gasteiger partial charge in [-0.2, -0.15) is 0 Å². The van der Waals surface area contributed by atoms with E-state index in [2.05, 4.69) is 0 Å². The molecule has 0 aliphatic carbocycles. The van der Waals surface area contributed by atoms with Crippen LogP contribution in [0.3, 0.4) is 0 Å². The largest absolute Gasteiger partial charge is 0.464 e. The average molecular weight is 247 g/mol. The normalized spacial score (nSPS) is 19.7. The predicted octanol–water partition coefficient (Wildman–Crippen LogP) is 1.79. The summed E-state index contributed by atoms with van der Waals surface area (Å²) in [4.78, 5) is 25.4. The monoisotopic (exact) mass is 247 g/mol. The van der Waals surface area contributed by atoms with Crippen molar-refractivity contribution < 1.29 is 14.3 Å². The quantitative estimate of drug-likeness (QED) is 0.764. The summed E-state index contributed by atoms with van der Waals surface area (Å²) in [5, 5.41) is 0. The summed E-state index contributed by atoms with van der Waals surface area (Å²) >= 11 is 0. The number of para-hydroxylation sites is 1. The van der Waals surface area contributed by atoms with Crippen LogP contribution in [-0.2, 0) is 14.3 Å². The van der Waals surface area contributed by atoms with E-state index in [4.69, 9.17) is 4.74 Å². The third-order valence-electron chi connectivity index (χ3n) is 3.08. The molecule has 2 rings (SSSR count). The molecule has 0 spiro atoms. The molecule has 4 nitrogen and oxygen atoms in total. The highest BCUT2D eigenvalue weighted by atomic mass is 16.5. The van der Waals surface area contributed by atoms with E-state index in [1.54, 1.807) is 6.92 Å². The third kappa shape index (κ3) is 2.70. The summed E-state index contributed by atoms with van der Waals surface area (Å²) in [5.74, 6) is -0.186. The zero-order chi connectivity index (χ0) is 13.0. The van der Waals surface area contributed by atoms with Crippen LogP contribution >= 0.6 is 0 Å². The lowest BCUT2D eigenvalue weighted by atomic mass is 10.00. The van der Waals surface area contributed by atoms with E-state index in [0.29, 0.717) is 19.6 Å². The minimum absolute atomic E-state index is 0.125. The maximum atomic E-state index is 11.9. The minimum Gasteiger partial charge on any atom is -0.464 e. The lowest BCUT2D eigenvalue weighted by Crippen LogP contribution is -2.48. The molecule has 1 aromatic rings. The molecule has 0 radical (unpaired) electrons. The van der Waals surface area contributed by atoms with Crippen molar-refractivity contribution in [3.63, 3.8) is 0 Å². The van der Waals surface area contributed by atoms with Crippen LogP contribution in [0, 0.1) is 0 Å². The molecule has 1 unspecified atom stereocenters. The second kappa shape index (κ2) is 5.67. The smallest absolute Gasteiger partial charge is 0.329 e. The number of Topliss-reactive ketones (excluding diaryl/α,β-unsaturated/α-hetero) is 1. The molecule has 0 bridgehead atoms. The van der Waals surface area contributed by atoms with E-state index in [0.717, 1.165) is 5.69 Å². The van der Waals surface area contributed by atoms with E-state index in [9.17, 15) is 9.59 Å². The number of carbonyl (C=O) groups is 2. The Bertz CT molecular complexity index is 430. The predicted molar refractivity (Wildman–Crippen MR) is 68.5 cm³/mol. The highest BCUT2D eigenvalue weighted by Gasteiger charge is 2.33. The Morgan fingerprint density at radius 1 is 1.39 bits per heavy atom. The molecule has 1 atom stereocenters. The van der Waals surface area contributed by atoms with E-state index in [1.807, 2.05) is 35.2 Å². The van der Waals surface area contributed by atoms with Crippen molar-refractivity contribution >= 4 is 17.4 Å². The van der Waals surface area contributed by atoms with Gasteiger partial charge in [0.2, 0.25) is 0 Å². The second-order valence-corrected chi connectivity index (χ2v) is 4.29. The van der Waals surface area contributed by atoms with Crippen molar-refractivity contribution in [2.45, 2.75) is 25.8 Å². The molecule has 0 N–H and O–H groups in total. The van der Waals surface area contributed by atoms with Crippen LogP contribution in [0.4, 0.5) is 5.69 Å². The van der Waals surface area contributed by atoms with Gasteiger partial charge in [-0.1, -0.05) is 18.2 Å². The number of benzene rings is 1. The number of ketones is 1. The molecule has 0 amide bonds. The van der Waals surface area contributed by atoms with Gasteiger partial charge in [0.25, 0.3) is 0 Å². The number of hydrogen-bond acceptors (Lipinski definition) is 4. The average Bonchev–Trinajstić information content (AvgIpc) is 2.40. The summed E-state index contributed by atoms with van der Waals surface area (Å²) in [5.41, 5.74) is 0.961. The van der Waals surface area contributed by atoms with Crippen molar-refractivity contribution in [2.75, 3.05) is 18.1 Å². The third-order valence-corrected chi connectivity index (χ3v) is 3.08. The summed E-state index contributed by atoms with van der Waals surface area (Å²) in [6.45, 7) is 2.69. The Kier molecular flexibility index (Phi) is 3.97. The molecule has 18 heavy (non-hydrogen) atoms. The number of esters is 1. The molecule has 0 aromatic heterocycles. The fourth-order valence-corrected chi connectivity index (χ4v) is 2.21. The van der Waals surface area contributed by atoms with Crippen LogP contribution in [-0.4, -0.2) is 30.9 Å². The molecule has 1 saturated heterocycles. The molecule has 4 heteroatoms. The van der Waals surface area contributed by atoms with Crippen LogP contribution in [0.15, 0.2) is 30.3 Å². The number of anilines is 1. The number of piperidine rings is 1. The maximum Gasteiger partial charge on any atom is 0.329 e. The zero-order valence-corrected chi connectivity index (χ0v) is 10.5. The zero-order valence-electron chi connectivity index (χ0n) is 10.5. The first-order chi connectivity index (χ1) is 8.72. The topological polar surface area (TPSA) is 46.6 Å². The molecule has 1 aromatic carbocycles. The Morgan fingerprint density at radius 3 is 2.78 bits per heavy atom. The summed E-state index contributed by atoms with van der Waals surface area (Å²) < 4.78 is 5.05. The van der Waals surface area contributed by atoms with Gasteiger partial charge in [0.15, 0.2) is 0 Å². The Labute approximate surface area is 107 Å². The van der Waals surface area contributed by atoms with Crippen molar-refractivity contribution in [3.05, 3.63) is 30.3 Å². The maximum absolute atomic E-state index is 11.9. The van der Waals surface area contributed by atoms with Gasteiger partial charge in [0.05, 0.1) is 6.61 Å². The van der Waals surface area contributed by atoms with Gasteiger partial charge in [-0.05, 0) is 19.1 Å². The van der Waals surface area contributed by atoms with E-state index in [-0.39, 0.29) is 18.2 Å². The number of hydrogen-bond donors (Lipinski definition) is 0. The van der Waals surface area contributed by atoms with E-state index in [1.165, 1.54) is 0 Å². The summed E-state index contributed by atoms with van der Waals surface area (Å²) in [6.07, 6.45) is 0.735. The number of rotatable bonds is 3. The Balaban J connectivity index is 2.21. The van der Waals surface area contributed by atoms with Gasteiger partial charge < -0.3 is 9.64 Å². The fraction of sp³-hybridized carbons (Fsp3) is 0.429. The molecule has 0 saturated carbocycles. The molecule has 1 aliphatic heterocycles. The van der Waals surface area contributed by atoms with Gasteiger partial charge in [-0.25, -0.2) is 4.79 Å². The lowest BCUT2D eigenvalue weighted by Gasteiger charge is -2.35. The Hall–Kier alpha value is -1.84. The van der Waals surface area contributed by atoms with Crippen molar-refractivity contribution in [3.8, 4) is 0 Å². The van der Waals surface area contributed by atoms with Gasteiger partial charge in [-0.3, -0.25) is 4.79 Å². The first-order valence-corrected chi connectivity index (χ1v) is 6.22. The summed E-state index contributed by atoms with van der Waals surface area (Å²) in [7, 11) is 0. The fourth-order valence-electron chi connectivity index (χ4n) is 2.21. The van der Waals surface area contributed by atoms with Crippen LogP contribution in [0.25, 0.3) is 0 Å². The second-order valence-electron chi connectivity index (χ2n) is 4.29. The molecular weight excluding hydrogens is 230 g/mol. The van der Waals surface area contributed by atoms with Crippen molar-refractivity contribution in [1.29, 1.82) is 0 Å². The number of nitrogens with zero attached hydrogens (tertiary/aromatic N) is 1. The van der Waals surface area contributed by atoms with Gasteiger partial charge >= 0.3 is 5.97 Å². The lowest BCUT2D eigenvalue weighted by molar-refractivity contribution is -0.146. The SMILES string of the molecule is CCOC(=O)C1CC(=O)CCN1c1ccccc1. The highest BCUT2D eigenvalue weighted by Crippen LogP contribution is 2.23. The van der Waals surface area contributed by atoms with Crippen molar-refractivity contribution in [1.82, 2.24) is 0 Å². The summed E-state index contributed by atoms with van der Waals surface area (Å²) in [6, 6.07) is 9.19. The van der Waals surface area contributed by atoms with Crippen LogP contribution in [0.2, 0.25) is 0 Å². The standard InChI is InChI=1S/C14H17NO3/c1-2-18-14(17)13-10-12(16)8-9-15(13)11-6-4-3-5-7-11/h3-7,13H,2,8-10H2,1H3. The highest BCUT2D eigenvalue weighted by molar-refractivity contribution is 5.91. The molecular formula is C14H17NO3. The first kappa shape index (κ1) is 12.6. The Morgan fingerprint density at radius 2 is 2.11 bits per heavy atom. The first-order valence-electron chi connectivity index (χ1n) is 6.22.